The number of ether oxygens (including phenoxy) is 2. The average Bonchev–Trinajstić information content (AvgIpc) is 2.92. The second-order valence-electron chi connectivity index (χ2n) is 3.81. The van der Waals surface area contributed by atoms with Crippen LogP contribution in [0.15, 0.2) is 29.3 Å². The molecule has 0 bridgehead atoms. The van der Waals surface area contributed by atoms with E-state index < -0.39 is 0 Å². The molecular weight excluding hydrogens is 260 g/mol. The maximum absolute atomic E-state index is 5.27. The van der Waals surface area contributed by atoms with Crippen LogP contribution < -0.4 is 9.47 Å². The Morgan fingerprint density at radius 1 is 1.11 bits per heavy atom. The standard InChI is InChI=1S/C14H16N2O2S/c1-17-12-7-5-10(8-13(12)18-2)4-6-11-9-14(19-3)16-15-11/h4-9H,1-3H3,(H,15,16)/b6-4+. The highest BCUT2D eigenvalue weighted by molar-refractivity contribution is 7.98. The minimum absolute atomic E-state index is 0.721. The molecule has 5 heteroatoms. The van der Waals surface area contributed by atoms with Crippen molar-refractivity contribution in [3.05, 3.63) is 35.5 Å². The Bertz CT molecular complexity index is 579. The van der Waals surface area contributed by atoms with Crippen molar-refractivity contribution >= 4 is 23.9 Å². The van der Waals surface area contributed by atoms with Gasteiger partial charge in [0.15, 0.2) is 11.5 Å². The van der Waals surface area contributed by atoms with Crippen molar-refractivity contribution in [2.45, 2.75) is 5.03 Å². The lowest BCUT2D eigenvalue weighted by atomic mass is 10.2. The first-order valence-corrected chi connectivity index (χ1v) is 6.99. The Labute approximate surface area is 116 Å². The first-order chi connectivity index (χ1) is 9.26. The Morgan fingerprint density at radius 3 is 2.53 bits per heavy atom. The summed E-state index contributed by atoms with van der Waals surface area (Å²) in [5, 5.41) is 8.09. The fraction of sp³-hybridized carbons (Fsp3) is 0.214. The highest BCUT2D eigenvalue weighted by Crippen LogP contribution is 2.28. The molecule has 0 amide bonds. The molecule has 2 rings (SSSR count). The monoisotopic (exact) mass is 276 g/mol. The van der Waals surface area contributed by atoms with Crippen molar-refractivity contribution in [2.24, 2.45) is 0 Å². The second-order valence-corrected chi connectivity index (χ2v) is 4.64. The molecule has 0 aliphatic heterocycles. The number of aromatic amines is 1. The highest BCUT2D eigenvalue weighted by Gasteiger charge is 2.02. The highest BCUT2D eigenvalue weighted by atomic mass is 32.2. The van der Waals surface area contributed by atoms with Crippen LogP contribution in [0.1, 0.15) is 11.3 Å². The lowest BCUT2D eigenvalue weighted by Crippen LogP contribution is -1.90. The third-order valence-electron chi connectivity index (χ3n) is 2.65. The van der Waals surface area contributed by atoms with Crippen LogP contribution in [0.5, 0.6) is 11.5 Å². The molecule has 0 aliphatic carbocycles. The van der Waals surface area contributed by atoms with Gasteiger partial charge in [-0.15, -0.1) is 11.8 Å². The van der Waals surface area contributed by atoms with Crippen LogP contribution in [0, 0.1) is 0 Å². The minimum atomic E-state index is 0.721. The Balaban J connectivity index is 2.18. The summed E-state index contributed by atoms with van der Waals surface area (Å²) in [5.74, 6) is 1.45. The van der Waals surface area contributed by atoms with Crippen LogP contribution in [0.3, 0.4) is 0 Å². The summed E-state index contributed by atoms with van der Waals surface area (Å²) < 4.78 is 10.5. The lowest BCUT2D eigenvalue weighted by Gasteiger charge is -2.07. The molecule has 1 N–H and O–H groups in total. The molecule has 0 spiro atoms. The number of nitrogens with zero attached hydrogens (tertiary/aromatic N) is 1. The van der Waals surface area contributed by atoms with Gasteiger partial charge in [-0.3, -0.25) is 5.10 Å². The summed E-state index contributed by atoms with van der Waals surface area (Å²) >= 11 is 1.61. The third-order valence-corrected chi connectivity index (χ3v) is 3.27. The molecule has 0 saturated heterocycles. The zero-order valence-electron chi connectivity index (χ0n) is 11.1. The van der Waals surface area contributed by atoms with Gasteiger partial charge in [0.25, 0.3) is 0 Å². The van der Waals surface area contributed by atoms with Gasteiger partial charge >= 0.3 is 0 Å². The van der Waals surface area contributed by atoms with Crippen molar-refractivity contribution in [1.82, 2.24) is 10.2 Å². The maximum atomic E-state index is 5.27. The van der Waals surface area contributed by atoms with Crippen molar-refractivity contribution in [3.8, 4) is 11.5 Å². The number of hydrogen-bond acceptors (Lipinski definition) is 4. The van der Waals surface area contributed by atoms with Crippen molar-refractivity contribution in [1.29, 1.82) is 0 Å². The van der Waals surface area contributed by atoms with Gasteiger partial charge < -0.3 is 9.47 Å². The van der Waals surface area contributed by atoms with Gasteiger partial charge in [0.2, 0.25) is 0 Å². The molecule has 0 aliphatic rings. The van der Waals surface area contributed by atoms with E-state index in [1.54, 1.807) is 26.0 Å². The van der Waals surface area contributed by atoms with E-state index in [9.17, 15) is 0 Å². The first-order valence-electron chi connectivity index (χ1n) is 5.76. The SMILES string of the molecule is COc1ccc(/C=C/c2cc(SC)n[nH]2)cc1OC. The summed E-state index contributed by atoms with van der Waals surface area (Å²) in [6, 6.07) is 7.80. The van der Waals surface area contributed by atoms with E-state index in [4.69, 9.17) is 9.47 Å². The molecule has 1 heterocycles. The number of hydrogen-bond donors (Lipinski definition) is 1. The van der Waals surface area contributed by atoms with E-state index in [-0.39, 0.29) is 0 Å². The summed E-state index contributed by atoms with van der Waals surface area (Å²) in [6.45, 7) is 0. The fourth-order valence-electron chi connectivity index (χ4n) is 1.65. The Kier molecular flexibility index (Phi) is 4.52. The second kappa shape index (κ2) is 6.33. The number of rotatable bonds is 5. The predicted molar refractivity (Wildman–Crippen MR) is 78.8 cm³/mol. The van der Waals surface area contributed by atoms with Gasteiger partial charge in [-0.1, -0.05) is 12.1 Å². The molecule has 0 saturated carbocycles. The van der Waals surface area contributed by atoms with Gasteiger partial charge in [-0.05, 0) is 36.1 Å². The molecule has 1 aromatic heterocycles. The topological polar surface area (TPSA) is 47.1 Å². The van der Waals surface area contributed by atoms with Gasteiger partial charge in [0, 0.05) is 0 Å². The van der Waals surface area contributed by atoms with Crippen LogP contribution in [-0.4, -0.2) is 30.7 Å². The molecule has 19 heavy (non-hydrogen) atoms. The van der Waals surface area contributed by atoms with E-state index in [0.29, 0.717) is 0 Å². The zero-order valence-corrected chi connectivity index (χ0v) is 12.0. The summed E-state index contributed by atoms with van der Waals surface area (Å²) in [5.41, 5.74) is 2.01. The van der Waals surface area contributed by atoms with Crippen LogP contribution in [0.4, 0.5) is 0 Å². The fourth-order valence-corrected chi connectivity index (χ4v) is 2.03. The van der Waals surface area contributed by atoms with Gasteiger partial charge in [-0.25, -0.2) is 0 Å². The smallest absolute Gasteiger partial charge is 0.161 e. The Hall–Kier alpha value is -1.88. The Morgan fingerprint density at radius 2 is 1.89 bits per heavy atom. The number of methoxy groups -OCH3 is 2. The number of H-pyrrole nitrogens is 1. The minimum Gasteiger partial charge on any atom is -0.493 e. The first kappa shape index (κ1) is 13.5. The van der Waals surface area contributed by atoms with Crippen molar-refractivity contribution in [2.75, 3.05) is 20.5 Å². The van der Waals surface area contributed by atoms with E-state index in [1.807, 2.05) is 42.7 Å². The molecule has 100 valence electrons. The quantitative estimate of drug-likeness (QED) is 0.851. The zero-order chi connectivity index (χ0) is 13.7. The normalized spacial score (nSPS) is 10.9. The van der Waals surface area contributed by atoms with Crippen LogP contribution in [0.2, 0.25) is 0 Å². The van der Waals surface area contributed by atoms with Gasteiger partial charge in [0.1, 0.15) is 5.03 Å². The predicted octanol–water partition coefficient (Wildman–Crippen LogP) is 3.32. The average molecular weight is 276 g/mol. The van der Waals surface area contributed by atoms with Gasteiger partial charge in [-0.2, -0.15) is 5.10 Å². The van der Waals surface area contributed by atoms with Gasteiger partial charge in [0.05, 0.1) is 19.9 Å². The number of benzene rings is 1. The van der Waals surface area contributed by atoms with Crippen LogP contribution in [-0.2, 0) is 0 Å². The molecule has 0 radical (unpaired) electrons. The van der Waals surface area contributed by atoms with E-state index in [1.165, 1.54) is 0 Å². The largest absolute Gasteiger partial charge is 0.493 e. The molecular formula is C14H16N2O2S. The van der Waals surface area contributed by atoms with Crippen LogP contribution >= 0.6 is 11.8 Å². The molecule has 0 atom stereocenters. The van der Waals surface area contributed by atoms with Crippen LogP contribution in [0.25, 0.3) is 12.2 Å². The number of nitrogens with one attached hydrogen (secondary N) is 1. The molecule has 4 nitrogen and oxygen atoms in total. The molecule has 0 fully saturated rings. The summed E-state index contributed by atoms with van der Waals surface area (Å²) in [4.78, 5) is 0. The summed E-state index contributed by atoms with van der Waals surface area (Å²) in [7, 11) is 3.26. The third kappa shape index (κ3) is 3.32. The summed E-state index contributed by atoms with van der Waals surface area (Å²) in [6.07, 6.45) is 5.98. The molecule has 1 aromatic carbocycles. The maximum Gasteiger partial charge on any atom is 0.161 e. The van der Waals surface area contributed by atoms with Crippen molar-refractivity contribution in [3.63, 3.8) is 0 Å². The number of thioether (sulfide) groups is 1. The van der Waals surface area contributed by atoms with E-state index in [0.717, 1.165) is 27.8 Å². The van der Waals surface area contributed by atoms with E-state index >= 15 is 0 Å². The lowest BCUT2D eigenvalue weighted by molar-refractivity contribution is 0.355. The molecule has 2 aromatic rings. The molecule has 0 unspecified atom stereocenters. The van der Waals surface area contributed by atoms with Crippen molar-refractivity contribution < 1.29 is 9.47 Å². The van der Waals surface area contributed by atoms with E-state index in [2.05, 4.69) is 10.2 Å². The number of aromatic nitrogens is 2.